The highest BCUT2D eigenvalue weighted by atomic mass is 35.5. The first-order valence-corrected chi connectivity index (χ1v) is 10.9. The third kappa shape index (κ3) is 6.75. The maximum atomic E-state index is 13.4. The Kier molecular flexibility index (Phi) is 8.34. The van der Waals surface area contributed by atoms with Crippen LogP contribution >= 0.6 is 23.2 Å². The molecule has 2 aromatic carbocycles. The molecular formula is C24H30Cl2N2O2. The molecule has 2 amide bonds. The van der Waals surface area contributed by atoms with Gasteiger partial charge in [0.1, 0.15) is 6.04 Å². The Hall–Kier alpha value is -2.04. The van der Waals surface area contributed by atoms with Gasteiger partial charge in [0, 0.05) is 27.7 Å². The average Bonchev–Trinajstić information content (AvgIpc) is 2.64. The highest BCUT2D eigenvalue weighted by Crippen LogP contribution is 2.27. The van der Waals surface area contributed by atoms with Crippen LogP contribution in [-0.2, 0) is 22.6 Å². The standard InChI is InChI=1S/C24H30Cl2N2O2/c1-6-21(23(30)27-24(3,4)5)28(15-18-19(25)8-7-9-20(18)26)22(29)14-17-12-10-16(2)11-13-17/h7-13,21H,6,14-15H2,1-5H3,(H,27,30)/t21-/m1/s1. The molecule has 1 atom stereocenters. The quantitative estimate of drug-likeness (QED) is 0.601. The number of amides is 2. The number of halogens is 2. The molecule has 4 nitrogen and oxygen atoms in total. The highest BCUT2D eigenvalue weighted by Gasteiger charge is 2.31. The van der Waals surface area contributed by atoms with Gasteiger partial charge in [0.15, 0.2) is 0 Å². The number of nitrogens with zero attached hydrogens (tertiary/aromatic N) is 1. The van der Waals surface area contributed by atoms with Crippen molar-refractivity contribution >= 4 is 35.0 Å². The normalized spacial score (nSPS) is 12.4. The zero-order valence-corrected chi connectivity index (χ0v) is 19.8. The third-order valence-electron chi connectivity index (χ3n) is 4.75. The van der Waals surface area contributed by atoms with Gasteiger partial charge in [-0.15, -0.1) is 0 Å². The number of carbonyl (C=O) groups is 2. The van der Waals surface area contributed by atoms with Crippen LogP contribution in [-0.4, -0.2) is 28.3 Å². The second-order valence-corrected chi connectivity index (χ2v) is 9.36. The Morgan fingerprint density at radius 3 is 2.10 bits per heavy atom. The van der Waals surface area contributed by atoms with Crippen molar-refractivity contribution in [3.05, 3.63) is 69.2 Å². The van der Waals surface area contributed by atoms with Crippen molar-refractivity contribution in [1.82, 2.24) is 10.2 Å². The molecule has 0 bridgehead atoms. The minimum atomic E-state index is -0.630. The molecule has 0 saturated carbocycles. The van der Waals surface area contributed by atoms with Gasteiger partial charge in [-0.25, -0.2) is 0 Å². The first-order valence-electron chi connectivity index (χ1n) is 10.1. The molecule has 162 valence electrons. The molecule has 0 heterocycles. The summed E-state index contributed by atoms with van der Waals surface area (Å²) in [4.78, 5) is 28.0. The van der Waals surface area contributed by atoms with E-state index >= 15 is 0 Å². The zero-order valence-electron chi connectivity index (χ0n) is 18.3. The summed E-state index contributed by atoms with van der Waals surface area (Å²) in [7, 11) is 0. The molecule has 1 N–H and O–H groups in total. The summed E-state index contributed by atoms with van der Waals surface area (Å²) in [5, 5.41) is 3.94. The summed E-state index contributed by atoms with van der Waals surface area (Å²) in [5.41, 5.74) is 2.26. The summed E-state index contributed by atoms with van der Waals surface area (Å²) >= 11 is 12.7. The molecule has 2 rings (SSSR count). The second kappa shape index (κ2) is 10.3. The van der Waals surface area contributed by atoms with Crippen molar-refractivity contribution in [3.8, 4) is 0 Å². The van der Waals surface area contributed by atoms with Gasteiger partial charge >= 0.3 is 0 Å². The number of rotatable bonds is 7. The zero-order chi connectivity index (χ0) is 22.5. The van der Waals surface area contributed by atoms with Crippen LogP contribution in [0.4, 0.5) is 0 Å². The van der Waals surface area contributed by atoms with Gasteiger partial charge in [-0.3, -0.25) is 9.59 Å². The van der Waals surface area contributed by atoms with E-state index < -0.39 is 11.6 Å². The van der Waals surface area contributed by atoms with Crippen molar-refractivity contribution in [1.29, 1.82) is 0 Å². The summed E-state index contributed by atoms with van der Waals surface area (Å²) in [5.74, 6) is -0.337. The molecule has 0 aliphatic rings. The van der Waals surface area contributed by atoms with Crippen molar-refractivity contribution in [2.24, 2.45) is 0 Å². The monoisotopic (exact) mass is 448 g/mol. The van der Waals surface area contributed by atoms with E-state index in [0.717, 1.165) is 11.1 Å². The van der Waals surface area contributed by atoms with E-state index in [2.05, 4.69) is 5.32 Å². The van der Waals surface area contributed by atoms with Gasteiger partial charge in [-0.2, -0.15) is 0 Å². The Morgan fingerprint density at radius 1 is 1.03 bits per heavy atom. The van der Waals surface area contributed by atoms with Crippen molar-refractivity contribution in [2.75, 3.05) is 0 Å². The summed E-state index contributed by atoms with van der Waals surface area (Å²) in [6, 6.07) is 12.4. The van der Waals surface area contributed by atoms with Crippen LogP contribution in [0.3, 0.4) is 0 Å². The van der Waals surface area contributed by atoms with E-state index in [-0.39, 0.29) is 24.8 Å². The van der Waals surface area contributed by atoms with Crippen molar-refractivity contribution in [2.45, 2.75) is 65.6 Å². The first kappa shape index (κ1) is 24.2. The summed E-state index contributed by atoms with van der Waals surface area (Å²) in [6.45, 7) is 9.82. The molecule has 2 aromatic rings. The predicted octanol–water partition coefficient (Wildman–Crippen LogP) is 5.57. The molecule has 6 heteroatoms. The number of nitrogens with one attached hydrogen (secondary N) is 1. The minimum absolute atomic E-state index is 0.147. The van der Waals surface area contributed by atoms with Gasteiger partial charge in [-0.1, -0.05) is 66.0 Å². The molecular weight excluding hydrogens is 419 g/mol. The lowest BCUT2D eigenvalue weighted by Gasteiger charge is -2.33. The number of hydrogen-bond acceptors (Lipinski definition) is 2. The number of aryl methyl sites for hydroxylation is 1. The summed E-state index contributed by atoms with van der Waals surface area (Å²) < 4.78 is 0. The highest BCUT2D eigenvalue weighted by molar-refractivity contribution is 6.36. The average molecular weight is 449 g/mol. The molecule has 0 aliphatic heterocycles. The van der Waals surface area contributed by atoms with Crippen LogP contribution in [0.2, 0.25) is 10.0 Å². The molecule has 0 fully saturated rings. The molecule has 0 aliphatic carbocycles. The minimum Gasteiger partial charge on any atom is -0.350 e. The Balaban J connectivity index is 2.38. The fraction of sp³-hybridized carbons (Fsp3) is 0.417. The molecule has 0 radical (unpaired) electrons. The largest absolute Gasteiger partial charge is 0.350 e. The van der Waals surface area contributed by atoms with Crippen LogP contribution in [0, 0.1) is 6.92 Å². The number of benzene rings is 2. The van der Waals surface area contributed by atoms with E-state index in [1.165, 1.54) is 0 Å². The molecule has 0 aromatic heterocycles. The van der Waals surface area contributed by atoms with Gasteiger partial charge in [0.25, 0.3) is 0 Å². The van der Waals surface area contributed by atoms with E-state index in [1.807, 2.05) is 58.9 Å². The number of carbonyl (C=O) groups excluding carboxylic acids is 2. The van der Waals surface area contributed by atoms with E-state index in [0.29, 0.717) is 22.0 Å². The second-order valence-electron chi connectivity index (χ2n) is 8.55. The Morgan fingerprint density at radius 2 is 1.60 bits per heavy atom. The summed E-state index contributed by atoms with van der Waals surface area (Å²) in [6.07, 6.45) is 0.672. The lowest BCUT2D eigenvalue weighted by Crippen LogP contribution is -2.53. The maximum absolute atomic E-state index is 13.4. The van der Waals surface area contributed by atoms with E-state index in [1.54, 1.807) is 23.1 Å². The smallest absolute Gasteiger partial charge is 0.243 e. The number of hydrogen-bond donors (Lipinski definition) is 1. The first-order chi connectivity index (χ1) is 14.0. The Labute approximate surface area is 189 Å². The van der Waals surface area contributed by atoms with Gasteiger partial charge in [-0.05, 0) is 51.8 Å². The molecule has 0 spiro atoms. The third-order valence-corrected chi connectivity index (χ3v) is 5.46. The fourth-order valence-electron chi connectivity index (χ4n) is 3.21. The van der Waals surface area contributed by atoms with Gasteiger partial charge < -0.3 is 10.2 Å². The fourth-order valence-corrected chi connectivity index (χ4v) is 3.73. The van der Waals surface area contributed by atoms with Crippen LogP contribution in [0.5, 0.6) is 0 Å². The van der Waals surface area contributed by atoms with Crippen LogP contribution in [0.15, 0.2) is 42.5 Å². The topological polar surface area (TPSA) is 49.4 Å². The van der Waals surface area contributed by atoms with Gasteiger partial charge in [0.2, 0.25) is 11.8 Å². The molecule has 0 saturated heterocycles. The molecule has 30 heavy (non-hydrogen) atoms. The maximum Gasteiger partial charge on any atom is 0.243 e. The predicted molar refractivity (Wildman–Crippen MR) is 124 cm³/mol. The van der Waals surface area contributed by atoms with Crippen LogP contribution in [0.25, 0.3) is 0 Å². The van der Waals surface area contributed by atoms with Crippen LogP contribution in [0.1, 0.15) is 50.8 Å². The van der Waals surface area contributed by atoms with Crippen molar-refractivity contribution < 1.29 is 9.59 Å². The lowest BCUT2D eigenvalue weighted by atomic mass is 10.0. The lowest BCUT2D eigenvalue weighted by molar-refractivity contribution is -0.141. The van der Waals surface area contributed by atoms with Gasteiger partial charge in [0.05, 0.1) is 6.42 Å². The van der Waals surface area contributed by atoms with Crippen molar-refractivity contribution in [3.63, 3.8) is 0 Å². The van der Waals surface area contributed by atoms with Crippen LogP contribution < -0.4 is 5.32 Å². The van der Waals surface area contributed by atoms with E-state index in [9.17, 15) is 9.59 Å². The van der Waals surface area contributed by atoms with E-state index in [4.69, 9.17) is 23.2 Å². The Bertz CT molecular complexity index is 869. The SMILES string of the molecule is CC[C@H](C(=O)NC(C)(C)C)N(Cc1c(Cl)cccc1Cl)C(=O)Cc1ccc(C)cc1. The molecule has 0 unspecified atom stereocenters.